The van der Waals surface area contributed by atoms with Gasteiger partial charge in [0.15, 0.2) is 0 Å². The van der Waals surface area contributed by atoms with Gasteiger partial charge >= 0.3 is 0 Å². The molecule has 3 N–H and O–H groups in total. The fourth-order valence-electron chi connectivity index (χ4n) is 1.98. The van der Waals surface area contributed by atoms with Crippen molar-refractivity contribution in [2.45, 2.75) is 37.8 Å². The van der Waals surface area contributed by atoms with Crippen LogP contribution in [0.25, 0.3) is 0 Å². The molecule has 1 heterocycles. The van der Waals surface area contributed by atoms with Gasteiger partial charge in [0.1, 0.15) is 0 Å². The Morgan fingerprint density at radius 1 is 1.38 bits per heavy atom. The Kier molecular flexibility index (Phi) is 3.19. The van der Waals surface area contributed by atoms with Gasteiger partial charge < -0.3 is 15.7 Å². The number of rotatable bonds is 5. The first-order chi connectivity index (χ1) is 6.36. The van der Waals surface area contributed by atoms with Crippen LogP contribution in [0, 0.1) is 5.92 Å². The molecule has 1 aliphatic carbocycles. The first-order valence-electron chi connectivity index (χ1n) is 5.48. The van der Waals surface area contributed by atoms with Crippen LogP contribution in [-0.2, 0) is 0 Å². The van der Waals surface area contributed by atoms with Crippen molar-refractivity contribution >= 4 is 0 Å². The fourth-order valence-corrected chi connectivity index (χ4v) is 1.98. The molecule has 3 nitrogen and oxygen atoms in total. The lowest BCUT2D eigenvalue weighted by atomic mass is 10.2. The Balaban J connectivity index is 1.52. The topological polar surface area (TPSA) is 44.3 Å². The van der Waals surface area contributed by atoms with E-state index in [4.69, 9.17) is 0 Å². The molecule has 76 valence electrons. The summed E-state index contributed by atoms with van der Waals surface area (Å²) in [5.74, 6) is 0.601. The highest BCUT2D eigenvalue weighted by atomic mass is 16.3. The van der Waals surface area contributed by atoms with E-state index in [1.165, 1.54) is 25.7 Å². The monoisotopic (exact) mass is 184 g/mol. The van der Waals surface area contributed by atoms with Crippen molar-refractivity contribution in [2.75, 3.05) is 19.6 Å². The van der Waals surface area contributed by atoms with E-state index in [9.17, 15) is 5.11 Å². The second-order valence-corrected chi connectivity index (χ2v) is 4.36. The molecule has 1 saturated heterocycles. The molecule has 2 aliphatic rings. The molecule has 0 radical (unpaired) electrons. The predicted molar refractivity (Wildman–Crippen MR) is 52.6 cm³/mol. The Bertz CT molecular complexity index is 151. The Hall–Kier alpha value is -0.120. The molecular weight excluding hydrogens is 164 g/mol. The maximum atomic E-state index is 9.58. The number of hydrogen-bond acceptors (Lipinski definition) is 3. The largest absolute Gasteiger partial charge is 0.392 e. The van der Waals surface area contributed by atoms with Crippen molar-refractivity contribution in [2.24, 2.45) is 5.92 Å². The van der Waals surface area contributed by atoms with Gasteiger partial charge in [0, 0.05) is 19.1 Å². The summed E-state index contributed by atoms with van der Waals surface area (Å²) in [6.07, 6.45) is 4.94. The van der Waals surface area contributed by atoms with Gasteiger partial charge in [0.05, 0.1) is 6.10 Å². The summed E-state index contributed by atoms with van der Waals surface area (Å²) in [5.41, 5.74) is 0. The van der Waals surface area contributed by atoms with Crippen LogP contribution in [0.2, 0.25) is 0 Å². The molecule has 0 amide bonds. The second-order valence-electron chi connectivity index (χ2n) is 4.36. The lowest BCUT2D eigenvalue weighted by Crippen LogP contribution is -2.38. The second kappa shape index (κ2) is 4.40. The lowest BCUT2D eigenvalue weighted by molar-refractivity contribution is 0.148. The van der Waals surface area contributed by atoms with Gasteiger partial charge in [-0.15, -0.1) is 0 Å². The highest BCUT2D eigenvalue weighted by Crippen LogP contribution is 2.32. The molecule has 0 bridgehead atoms. The van der Waals surface area contributed by atoms with E-state index in [0.29, 0.717) is 12.0 Å². The molecule has 13 heavy (non-hydrogen) atoms. The predicted octanol–water partition coefficient (Wildman–Crippen LogP) is 0.0989. The van der Waals surface area contributed by atoms with E-state index in [1.807, 2.05) is 0 Å². The average Bonchev–Trinajstić information content (AvgIpc) is 2.86. The molecule has 0 spiro atoms. The minimum atomic E-state index is -0.0959. The summed E-state index contributed by atoms with van der Waals surface area (Å²) in [6, 6.07) is 0.645. The Labute approximate surface area is 79.9 Å². The van der Waals surface area contributed by atoms with Crippen molar-refractivity contribution in [1.82, 2.24) is 10.6 Å². The molecular formula is C10H20N2O. The summed E-state index contributed by atoms with van der Waals surface area (Å²) in [7, 11) is 0. The van der Waals surface area contributed by atoms with Crippen molar-refractivity contribution in [3.8, 4) is 0 Å². The standard InChI is InChI=1S/C10H20N2O/c13-10(8-3-4-8)7-11-6-9-2-1-5-12-9/h8-13H,1-7H2. The fraction of sp³-hybridized carbons (Fsp3) is 1.00. The van der Waals surface area contributed by atoms with Gasteiger partial charge in [-0.05, 0) is 38.1 Å². The van der Waals surface area contributed by atoms with E-state index in [1.54, 1.807) is 0 Å². The third-order valence-electron chi connectivity index (χ3n) is 3.07. The Morgan fingerprint density at radius 3 is 2.85 bits per heavy atom. The van der Waals surface area contributed by atoms with Crippen LogP contribution in [0.15, 0.2) is 0 Å². The average molecular weight is 184 g/mol. The van der Waals surface area contributed by atoms with Crippen LogP contribution >= 0.6 is 0 Å². The summed E-state index contributed by atoms with van der Waals surface area (Å²) >= 11 is 0. The van der Waals surface area contributed by atoms with Crippen molar-refractivity contribution in [1.29, 1.82) is 0 Å². The van der Waals surface area contributed by atoms with Crippen LogP contribution in [0.5, 0.6) is 0 Å². The zero-order valence-corrected chi connectivity index (χ0v) is 8.13. The molecule has 1 aliphatic heterocycles. The van der Waals surface area contributed by atoms with Gasteiger partial charge in [-0.1, -0.05) is 0 Å². The third kappa shape index (κ3) is 2.93. The first-order valence-corrected chi connectivity index (χ1v) is 5.48. The normalized spacial score (nSPS) is 30.7. The van der Waals surface area contributed by atoms with Gasteiger partial charge in [-0.3, -0.25) is 0 Å². The molecule has 2 unspecified atom stereocenters. The molecule has 2 rings (SSSR count). The smallest absolute Gasteiger partial charge is 0.0692 e. The number of aliphatic hydroxyl groups is 1. The zero-order valence-electron chi connectivity index (χ0n) is 8.13. The van der Waals surface area contributed by atoms with Gasteiger partial charge in [-0.2, -0.15) is 0 Å². The molecule has 1 saturated carbocycles. The van der Waals surface area contributed by atoms with Crippen molar-refractivity contribution in [3.05, 3.63) is 0 Å². The quantitative estimate of drug-likeness (QED) is 0.568. The van der Waals surface area contributed by atoms with E-state index < -0.39 is 0 Å². The highest BCUT2D eigenvalue weighted by Gasteiger charge is 2.29. The molecule has 2 atom stereocenters. The SMILES string of the molecule is OC(CNCC1CCCN1)C1CC1. The Morgan fingerprint density at radius 2 is 2.23 bits per heavy atom. The van der Waals surface area contributed by atoms with Crippen LogP contribution in [0.3, 0.4) is 0 Å². The molecule has 0 aromatic rings. The zero-order chi connectivity index (χ0) is 9.10. The van der Waals surface area contributed by atoms with E-state index >= 15 is 0 Å². The first kappa shape index (κ1) is 9.44. The van der Waals surface area contributed by atoms with Gasteiger partial charge in [0.2, 0.25) is 0 Å². The maximum absolute atomic E-state index is 9.58. The minimum absolute atomic E-state index is 0.0959. The van der Waals surface area contributed by atoms with Crippen LogP contribution in [0.1, 0.15) is 25.7 Å². The van der Waals surface area contributed by atoms with Crippen LogP contribution in [0.4, 0.5) is 0 Å². The van der Waals surface area contributed by atoms with Gasteiger partial charge in [0.25, 0.3) is 0 Å². The minimum Gasteiger partial charge on any atom is -0.392 e. The van der Waals surface area contributed by atoms with Crippen LogP contribution in [-0.4, -0.2) is 36.9 Å². The highest BCUT2D eigenvalue weighted by molar-refractivity contribution is 4.83. The summed E-state index contributed by atoms with van der Waals surface area (Å²) < 4.78 is 0. The maximum Gasteiger partial charge on any atom is 0.0692 e. The van der Waals surface area contributed by atoms with E-state index in [-0.39, 0.29) is 6.10 Å². The lowest BCUT2D eigenvalue weighted by Gasteiger charge is -2.14. The van der Waals surface area contributed by atoms with Crippen molar-refractivity contribution in [3.63, 3.8) is 0 Å². The summed E-state index contributed by atoms with van der Waals surface area (Å²) in [5, 5.41) is 16.3. The van der Waals surface area contributed by atoms with Crippen LogP contribution < -0.4 is 10.6 Å². The number of aliphatic hydroxyl groups excluding tert-OH is 1. The summed E-state index contributed by atoms with van der Waals surface area (Å²) in [6.45, 7) is 2.96. The van der Waals surface area contributed by atoms with Crippen molar-refractivity contribution < 1.29 is 5.11 Å². The number of hydrogen-bond donors (Lipinski definition) is 3. The third-order valence-corrected chi connectivity index (χ3v) is 3.07. The van der Waals surface area contributed by atoms with E-state index in [0.717, 1.165) is 19.6 Å². The van der Waals surface area contributed by atoms with Gasteiger partial charge in [-0.25, -0.2) is 0 Å². The molecule has 2 fully saturated rings. The summed E-state index contributed by atoms with van der Waals surface area (Å²) in [4.78, 5) is 0. The molecule has 0 aromatic carbocycles. The molecule has 0 aromatic heterocycles. The van der Waals surface area contributed by atoms with E-state index in [2.05, 4.69) is 10.6 Å². The number of nitrogens with one attached hydrogen (secondary N) is 2. The molecule has 3 heteroatoms.